The Morgan fingerprint density at radius 1 is 1.03 bits per heavy atom. The average molecular weight is 386 g/mol. The SMILES string of the molecule is C/C=C\C(=C/C)c1ccc(CC(c2ccc(CC)cc2)c2cn(C)c(N)n2)cc1. The monoisotopic (exact) mass is 385 g/mol. The average Bonchev–Trinajstić information content (AvgIpc) is 3.09. The Morgan fingerprint density at radius 3 is 2.21 bits per heavy atom. The Hall–Kier alpha value is -3.07. The molecule has 0 fully saturated rings. The fraction of sp³-hybridized carbons (Fsp3) is 0.269. The highest BCUT2D eigenvalue weighted by molar-refractivity contribution is 5.73. The largest absolute Gasteiger partial charge is 0.369 e. The van der Waals surface area contributed by atoms with Crippen LogP contribution >= 0.6 is 0 Å². The van der Waals surface area contributed by atoms with Crippen molar-refractivity contribution in [3.63, 3.8) is 0 Å². The summed E-state index contributed by atoms with van der Waals surface area (Å²) in [4.78, 5) is 4.63. The highest BCUT2D eigenvalue weighted by Gasteiger charge is 2.19. The van der Waals surface area contributed by atoms with E-state index in [1.807, 2.05) is 24.7 Å². The number of aryl methyl sites for hydroxylation is 2. The minimum Gasteiger partial charge on any atom is -0.369 e. The maximum absolute atomic E-state index is 6.03. The third-order valence-corrected chi connectivity index (χ3v) is 5.46. The summed E-state index contributed by atoms with van der Waals surface area (Å²) < 4.78 is 1.89. The summed E-state index contributed by atoms with van der Waals surface area (Å²) in [6.45, 7) is 6.30. The second kappa shape index (κ2) is 9.42. The van der Waals surface area contributed by atoms with E-state index in [0.717, 1.165) is 18.5 Å². The molecule has 0 aliphatic carbocycles. The molecule has 0 spiro atoms. The summed E-state index contributed by atoms with van der Waals surface area (Å²) in [5.74, 6) is 0.724. The molecule has 0 saturated carbocycles. The lowest BCUT2D eigenvalue weighted by Gasteiger charge is -2.16. The third kappa shape index (κ3) is 4.86. The van der Waals surface area contributed by atoms with Crippen molar-refractivity contribution in [1.29, 1.82) is 0 Å². The predicted octanol–water partition coefficient (Wildman–Crippen LogP) is 5.92. The van der Waals surface area contributed by atoms with Gasteiger partial charge in [-0.15, -0.1) is 0 Å². The van der Waals surface area contributed by atoms with Crippen molar-refractivity contribution >= 4 is 11.5 Å². The van der Waals surface area contributed by atoms with E-state index in [0.29, 0.717) is 5.95 Å². The Morgan fingerprint density at radius 2 is 1.69 bits per heavy atom. The molecule has 150 valence electrons. The molecule has 2 aromatic carbocycles. The van der Waals surface area contributed by atoms with Gasteiger partial charge >= 0.3 is 0 Å². The molecule has 3 aromatic rings. The van der Waals surface area contributed by atoms with E-state index < -0.39 is 0 Å². The number of hydrogen-bond acceptors (Lipinski definition) is 2. The molecule has 29 heavy (non-hydrogen) atoms. The van der Waals surface area contributed by atoms with Crippen LogP contribution < -0.4 is 5.73 Å². The lowest BCUT2D eigenvalue weighted by atomic mass is 9.88. The number of nitrogen functional groups attached to an aromatic ring is 1. The molecule has 2 N–H and O–H groups in total. The lowest BCUT2D eigenvalue weighted by Crippen LogP contribution is -2.06. The van der Waals surface area contributed by atoms with Gasteiger partial charge < -0.3 is 10.3 Å². The summed E-state index contributed by atoms with van der Waals surface area (Å²) in [6.07, 6.45) is 10.3. The van der Waals surface area contributed by atoms with Crippen LogP contribution in [0.3, 0.4) is 0 Å². The number of nitrogens with two attached hydrogens (primary N) is 1. The van der Waals surface area contributed by atoms with Crippen molar-refractivity contribution in [3.8, 4) is 0 Å². The Balaban J connectivity index is 1.92. The highest BCUT2D eigenvalue weighted by atomic mass is 15.1. The first-order valence-corrected chi connectivity index (χ1v) is 10.3. The molecule has 1 atom stereocenters. The minimum atomic E-state index is 0.173. The van der Waals surface area contributed by atoms with Gasteiger partial charge in [0.2, 0.25) is 0 Å². The zero-order valence-electron chi connectivity index (χ0n) is 17.9. The van der Waals surface area contributed by atoms with Crippen LogP contribution in [0.1, 0.15) is 54.6 Å². The van der Waals surface area contributed by atoms with Gasteiger partial charge in [-0.2, -0.15) is 0 Å². The van der Waals surface area contributed by atoms with E-state index in [1.54, 1.807) is 0 Å². The molecule has 3 nitrogen and oxygen atoms in total. The maximum atomic E-state index is 6.03. The van der Waals surface area contributed by atoms with Crippen molar-refractivity contribution < 1.29 is 0 Å². The van der Waals surface area contributed by atoms with Gasteiger partial charge in [0.05, 0.1) is 5.69 Å². The summed E-state index contributed by atoms with van der Waals surface area (Å²) in [5.41, 5.74) is 13.4. The molecule has 0 radical (unpaired) electrons. The second-order valence-corrected chi connectivity index (χ2v) is 7.43. The molecule has 3 heteroatoms. The minimum absolute atomic E-state index is 0.173. The lowest BCUT2D eigenvalue weighted by molar-refractivity contribution is 0.777. The number of rotatable bonds is 7. The van der Waals surface area contributed by atoms with Crippen molar-refractivity contribution in [3.05, 3.63) is 101 Å². The van der Waals surface area contributed by atoms with Gasteiger partial charge in [0.25, 0.3) is 0 Å². The molecule has 0 aliphatic rings. The van der Waals surface area contributed by atoms with Gasteiger partial charge in [0.15, 0.2) is 5.95 Å². The Kier molecular flexibility index (Phi) is 6.71. The van der Waals surface area contributed by atoms with Crippen LogP contribution in [-0.2, 0) is 19.9 Å². The van der Waals surface area contributed by atoms with Crippen LogP contribution in [0.5, 0.6) is 0 Å². The smallest absolute Gasteiger partial charge is 0.200 e. The van der Waals surface area contributed by atoms with Crippen LogP contribution in [0.25, 0.3) is 5.57 Å². The molecule has 1 aromatic heterocycles. The number of benzene rings is 2. The van der Waals surface area contributed by atoms with Gasteiger partial charge in [-0.25, -0.2) is 4.98 Å². The number of hydrogen-bond donors (Lipinski definition) is 1. The first kappa shape index (κ1) is 20.7. The fourth-order valence-corrected chi connectivity index (χ4v) is 3.66. The van der Waals surface area contributed by atoms with E-state index in [-0.39, 0.29) is 5.92 Å². The Bertz CT molecular complexity index is 970. The van der Waals surface area contributed by atoms with Crippen LogP contribution in [0.15, 0.2) is 73.0 Å². The van der Waals surface area contributed by atoms with E-state index in [2.05, 4.69) is 85.6 Å². The molecule has 0 bridgehead atoms. The number of nitrogens with zero attached hydrogens (tertiary/aromatic N) is 2. The number of imidazole rings is 1. The molecular weight excluding hydrogens is 354 g/mol. The van der Waals surface area contributed by atoms with Gasteiger partial charge in [-0.1, -0.05) is 73.7 Å². The molecule has 1 unspecified atom stereocenters. The van der Waals surface area contributed by atoms with Crippen molar-refractivity contribution in [1.82, 2.24) is 9.55 Å². The van der Waals surface area contributed by atoms with E-state index in [4.69, 9.17) is 5.73 Å². The van der Waals surface area contributed by atoms with Crippen LogP contribution in [0, 0.1) is 0 Å². The zero-order chi connectivity index (χ0) is 20.8. The first-order valence-electron chi connectivity index (χ1n) is 10.3. The first-order chi connectivity index (χ1) is 14.0. The third-order valence-electron chi connectivity index (χ3n) is 5.46. The van der Waals surface area contributed by atoms with Gasteiger partial charge in [-0.05, 0) is 54.5 Å². The number of allylic oxidation sites excluding steroid dienone is 4. The normalized spacial score (nSPS) is 13.2. The molecular formula is C26H31N3. The van der Waals surface area contributed by atoms with Crippen LogP contribution in [0.4, 0.5) is 5.95 Å². The second-order valence-electron chi connectivity index (χ2n) is 7.43. The molecule has 3 rings (SSSR count). The summed E-state index contributed by atoms with van der Waals surface area (Å²) in [6, 6.07) is 17.7. The van der Waals surface area contributed by atoms with E-state index >= 15 is 0 Å². The van der Waals surface area contributed by atoms with Gasteiger partial charge in [0, 0.05) is 19.2 Å². The number of anilines is 1. The molecule has 0 amide bonds. The standard InChI is InChI=1S/C26H31N3/c1-5-8-21(7-3)22-13-11-20(12-14-22)17-24(25-18-29(4)26(27)28-25)23-15-9-19(6-2)10-16-23/h5,7-16,18,24H,6,17H2,1-4H3,(H2,27,28)/b8-5-,21-7+. The quantitative estimate of drug-likeness (QED) is 0.513. The summed E-state index contributed by atoms with van der Waals surface area (Å²) in [5, 5.41) is 0. The van der Waals surface area contributed by atoms with Crippen molar-refractivity contribution in [2.45, 2.75) is 39.5 Å². The number of aromatic nitrogens is 2. The van der Waals surface area contributed by atoms with Crippen molar-refractivity contribution in [2.75, 3.05) is 5.73 Å². The molecule has 0 aliphatic heterocycles. The van der Waals surface area contributed by atoms with Crippen LogP contribution in [-0.4, -0.2) is 9.55 Å². The zero-order valence-corrected chi connectivity index (χ0v) is 17.9. The molecule has 1 heterocycles. The fourth-order valence-electron chi connectivity index (χ4n) is 3.66. The summed E-state index contributed by atoms with van der Waals surface area (Å²) in [7, 11) is 1.94. The highest BCUT2D eigenvalue weighted by Crippen LogP contribution is 2.29. The maximum Gasteiger partial charge on any atom is 0.200 e. The predicted molar refractivity (Wildman–Crippen MR) is 124 cm³/mol. The molecule has 0 saturated heterocycles. The Labute approximate surface area is 174 Å². The van der Waals surface area contributed by atoms with Crippen molar-refractivity contribution in [2.24, 2.45) is 7.05 Å². The topological polar surface area (TPSA) is 43.8 Å². The van der Waals surface area contributed by atoms with Gasteiger partial charge in [-0.3, -0.25) is 0 Å². The van der Waals surface area contributed by atoms with E-state index in [1.165, 1.54) is 27.8 Å². The van der Waals surface area contributed by atoms with E-state index in [9.17, 15) is 0 Å². The summed E-state index contributed by atoms with van der Waals surface area (Å²) >= 11 is 0. The van der Waals surface area contributed by atoms with Gasteiger partial charge in [0.1, 0.15) is 0 Å². The van der Waals surface area contributed by atoms with Crippen LogP contribution in [0.2, 0.25) is 0 Å².